The van der Waals surface area contributed by atoms with Gasteiger partial charge in [0, 0.05) is 24.9 Å². The summed E-state index contributed by atoms with van der Waals surface area (Å²) in [5.74, 6) is 2.98. The fraction of sp³-hybridized carbons (Fsp3) is 0.769. The Hall–Kier alpha value is -1.24. The van der Waals surface area contributed by atoms with Crippen molar-refractivity contribution in [1.29, 1.82) is 0 Å². The molecule has 0 radical (unpaired) electrons. The van der Waals surface area contributed by atoms with Gasteiger partial charge in [-0.25, -0.2) is 9.98 Å². The van der Waals surface area contributed by atoms with E-state index in [0.29, 0.717) is 11.3 Å². The third-order valence-electron chi connectivity index (χ3n) is 3.46. The van der Waals surface area contributed by atoms with E-state index in [1.165, 1.54) is 18.6 Å². The molecule has 2 N–H and O–H groups in total. The first-order valence-electron chi connectivity index (χ1n) is 7.12. The average Bonchev–Trinajstić information content (AvgIpc) is 3.03. The number of nitrogens with zero attached hydrogens (tertiary/aromatic N) is 4. The van der Waals surface area contributed by atoms with Crippen LogP contribution in [0, 0.1) is 0 Å². The van der Waals surface area contributed by atoms with Crippen LogP contribution in [0.1, 0.15) is 32.5 Å². The van der Waals surface area contributed by atoms with Crippen molar-refractivity contribution < 1.29 is 0 Å². The van der Waals surface area contributed by atoms with Gasteiger partial charge < -0.3 is 10.6 Å². The van der Waals surface area contributed by atoms with Crippen LogP contribution in [-0.4, -0.2) is 44.3 Å². The minimum atomic E-state index is 0.334. The van der Waals surface area contributed by atoms with E-state index in [-0.39, 0.29) is 0 Å². The number of hydrogen-bond acceptors (Lipinski definition) is 4. The van der Waals surface area contributed by atoms with Crippen molar-refractivity contribution >= 4 is 17.7 Å². The number of guanidine groups is 1. The van der Waals surface area contributed by atoms with Crippen LogP contribution in [0.3, 0.4) is 0 Å². The third-order valence-corrected chi connectivity index (χ3v) is 5.00. The number of thioether (sulfide) groups is 1. The van der Waals surface area contributed by atoms with Gasteiger partial charge in [-0.05, 0) is 32.4 Å². The third kappa shape index (κ3) is 4.13. The lowest BCUT2D eigenvalue weighted by Crippen LogP contribution is -2.43. The lowest BCUT2D eigenvalue weighted by atomic mass is 10.1. The normalized spacial score (nSPS) is 23.1. The SMILES string of the molecule is CCNC(=NCc1ncnn1C)NCC1(C)CCCS1. The van der Waals surface area contributed by atoms with Crippen molar-refractivity contribution in [3.05, 3.63) is 12.2 Å². The van der Waals surface area contributed by atoms with Gasteiger partial charge in [-0.3, -0.25) is 4.68 Å². The molecule has 112 valence electrons. The molecule has 2 heterocycles. The zero-order chi connectivity index (χ0) is 14.4. The minimum Gasteiger partial charge on any atom is -0.357 e. The van der Waals surface area contributed by atoms with Crippen LogP contribution in [0.5, 0.6) is 0 Å². The van der Waals surface area contributed by atoms with Crippen LogP contribution in [0.2, 0.25) is 0 Å². The van der Waals surface area contributed by atoms with Crippen LogP contribution >= 0.6 is 11.8 Å². The molecular weight excluding hydrogens is 272 g/mol. The molecule has 1 unspecified atom stereocenters. The first-order chi connectivity index (χ1) is 9.63. The summed E-state index contributed by atoms with van der Waals surface area (Å²) in [7, 11) is 1.88. The summed E-state index contributed by atoms with van der Waals surface area (Å²) < 4.78 is 2.09. The summed E-state index contributed by atoms with van der Waals surface area (Å²) in [6, 6.07) is 0. The van der Waals surface area contributed by atoms with Crippen molar-refractivity contribution in [2.24, 2.45) is 12.0 Å². The minimum absolute atomic E-state index is 0.334. The highest BCUT2D eigenvalue weighted by molar-refractivity contribution is 8.00. The van der Waals surface area contributed by atoms with Crippen molar-refractivity contribution in [3.8, 4) is 0 Å². The van der Waals surface area contributed by atoms with Crippen molar-refractivity contribution in [1.82, 2.24) is 25.4 Å². The molecule has 1 aliphatic rings. The maximum atomic E-state index is 4.57. The average molecular weight is 296 g/mol. The zero-order valence-electron chi connectivity index (χ0n) is 12.5. The number of rotatable bonds is 5. The number of nitrogens with one attached hydrogen (secondary N) is 2. The summed E-state index contributed by atoms with van der Waals surface area (Å²) in [5.41, 5.74) is 0. The molecule has 20 heavy (non-hydrogen) atoms. The second-order valence-electron chi connectivity index (χ2n) is 5.25. The molecule has 0 bridgehead atoms. The Morgan fingerprint density at radius 1 is 1.55 bits per heavy atom. The summed E-state index contributed by atoms with van der Waals surface area (Å²) in [6.45, 7) is 6.74. The molecule has 1 atom stereocenters. The molecule has 2 rings (SSSR count). The Morgan fingerprint density at radius 2 is 2.40 bits per heavy atom. The maximum absolute atomic E-state index is 4.57. The van der Waals surface area contributed by atoms with Crippen molar-refractivity contribution in [3.63, 3.8) is 0 Å². The molecule has 1 saturated heterocycles. The van der Waals surface area contributed by atoms with Crippen LogP contribution in [0.15, 0.2) is 11.3 Å². The molecule has 7 heteroatoms. The van der Waals surface area contributed by atoms with E-state index in [9.17, 15) is 0 Å². The van der Waals surface area contributed by atoms with Crippen LogP contribution in [-0.2, 0) is 13.6 Å². The molecular formula is C13H24N6S. The Kier molecular flexibility index (Phi) is 5.28. The monoisotopic (exact) mass is 296 g/mol. The molecule has 0 spiro atoms. The van der Waals surface area contributed by atoms with Gasteiger partial charge in [-0.1, -0.05) is 0 Å². The van der Waals surface area contributed by atoms with Crippen LogP contribution < -0.4 is 10.6 Å². The van der Waals surface area contributed by atoms with Gasteiger partial charge >= 0.3 is 0 Å². The highest BCUT2D eigenvalue weighted by Gasteiger charge is 2.29. The van der Waals surface area contributed by atoms with E-state index >= 15 is 0 Å². The molecule has 0 aromatic carbocycles. The summed E-state index contributed by atoms with van der Waals surface area (Å²) >= 11 is 2.05. The summed E-state index contributed by atoms with van der Waals surface area (Å²) in [6.07, 6.45) is 4.14. The second kappa shape index (κ2) is 6.97. The Balaban J connectivity index is 1.90. The van der Waals surface area contributed by atoms with Crippen LogP contribution in [0.4, 0.5) is 0 Å². The largest absolute Gasteiger partial charge is 0.357 e. The predicted octanol–water partition coefficient (Wildman–Crippen LogP) is 1.16. The lowest BCUT2D eigenvalue weighted by Gasteiger charge is -2.24. The fourth-order valence-electron chi connectivity index (χ4n) is 2.20. The number of aryl methyl sites for hydroxylation is 1. The molecule has 1 aliphatic heterocycles. The predicted molar refractivity (Wildman–Crippen MR) is 83.9 cm³/mol. The van der Waals surface area contributed by atoms with Gasteiger partial charge in [0.2, 0.25) is 0 Å². The van der Waals surface area contributed by atoms with E-state index < -0.39 is 0 Å². The van der Waals surface area contributed by atoms with E-state index in [1.54, 1.807) is 11.0 Å². The number of aliphatic imine (C=N–C) groups is 1. The lowest BCUT2D eigenvalue weighted by molar-refractivity contribution is 0.584. The van der Waals surface area contributed by atoms with Gasteiger partial charge in [0.15, 0.2) is 5.96 Å². The molecule has 0 amide bonds. The zero-order valence-corrected chi connectivity index (χ0v) is 13.3. The molecule has 1 fully saturated rings. The Morgan fingerprint density at radius 3 is 3.00 bits per heavy atom. The van der Waals surface area contributed by atoms with Crippen LogP contribution in [0.25, 0.3) is 0 Å². The van der Waals surface area contributed by atoms with Crippen molar-refractivity contribution in [2.45, 2.75) is 38.0 Å². The van der Waals surface area contributed by atoms with Crippen molar-refractivity contribution in [2.75, 3.05) is 18.8 Å². The molecule has 6 nitrogen and oxygen atoms in total. The van der Waals surface area contributed by atoms with E-state index in [2.05, 4.69) is 51.3 Å². The fourth-order valence-corrected chi connectivity index (χ4v) is 3.45. The highest BCUT2D eigenvalue weighted by Crippen LogP contribution is 2.36. The highest BCUT2D eigenvalue weighted by atomic mass is 32.2. The van der Waals surface area contributed by atoms with E-state index in [4.69, 9.17) is 0 Å². The summed E-state index contributed by atoms with van der Waals surface area (Å²) in [4.78, 5) is 8.75. The first kappa shape index (κ1) is 15.2. The maximum Gasteiger partial charge on any atom is 0.191 e. The van der Waals surface area contributed by atoms with E-state index in [0.717, 1.165) is 24.9 Å². The molecule has 0 saturated carbocycles. The molecule has 1 aromatic rings. The number of hydrogen-bond donors (Lipinski definition) is 2. The summed E-state index contributed by atoms with van der Waals surface area (Å²) in [5, 5.41) is 10.8. The Labute approximate surface area is 124 Å². The first-order valence-corrected chi connectivity index (χ1v) is 8.10. The smallest absolute Gasteiger partial charge is 0.191 e. The number of aromatic nitrogens is 3. The van der Waals surface area contributed by atoms with Gasteiger partial charge in [-0.15, -0.1) is 0 Å². The molecule has 1 aromatic heterocycles. The van der Waals surface area contributed by atoms with Gasteiger partial charge in [-0.2, -0.15) is 16.9 Å². The van der Waals surface area contributed by atoms with Gasteiger partial charge in [0.25, 0.3) is 0 Å². The standard InChI is InChI=1S/C13H24N6S/c1-4-14-12(15-8-11-17-10-18-19(11)3)16-9-13(2)6-5-7-20-13/h10H,4-9H2,1-3H3,(H2,14,15,16). The second-order valence-corrected chi connectivity index (χ2v) is 6.93. The Bertz CT molecular complexity index is 449. The topological polar surface area (TPSA) is 67.1 Å². The quantitative estimate of drug-likeness (QED) is 0.630. The van der Waals surface area contributed by atoms with Gasteiger partial charge in [0.1, 0.15) is 18.7 Å². The van der Waals surface area contributed by atoms with Gasteiger partial charge in [0.05, 0.1) is 0 Å². The van der Waals surface area contributed by atoms with E-state index in [1.807, 2.05) is 7.05 Å². The molecule has 0 aliphatic carbocycles.